The molecule has 17 heavy (non-hydrogen) atoms. The minimum Gasteiger partial charge on any atom is -0.481 e. The van der Waals surface area contributed by atoms with Gasteiger partial charge >= 0.3 is 5.97 Å². The average molecular weight is 242 g/mol. The molecule has 0 bridgehead atoms. The van der Waals surface area contributed by atoms with Crippen molar-refractivity contribution in [2.45, 2.75) is 52.1 Å². The highest BCUT2D eigenvalue weighted by Gasteiger charge is 2.30. The molecule has 1 fully saturated rings. The smallest absolute Gasteiger partial charge is 0.307 e. The first-order valence-corrected chi connectivity index (χ1v) is 6.77. The molecule has 4 nitrogen and oxygen atoms in total. The standard InChI is InChI=1S/C13H26N2O2/c1-4-9-15(11(3)10(2)13(16)17)12-5-7-14-8-6-12/h10-12,14H,4-9H2,1-3H3,(H,16,17). The number of rotatable bonds is 6. The molecule has 0 aromatic carbocycles. The first kappa shape index (κ1) is 14.5. The zero-order valence-electron chi connectivity index (χ0n) is 11.3. The van der Waals surface area contributed by atoms with Crippen LogP contribution in [0.25, 0.3) is 0 Å². The highest BCUT2D eigenvalue weighted by molar-refractivity contribution is 5.70. The van der Waals surface area contributed by atoms with Gasteiger partial charge in [0.1, 0.15) is 0 Å². The molecule has 2 unspecified atom stereocenters. The summed E-state index contributed by atoms with van der Waals surface area (Å²) in [4.78, 5) is 13.5. The molecule has 1 saturated heterocycles. The van der Waals surface area contributed by atoms with Crippen LogP contribution in [0.5, 0.6) is 0 Å². The summed E-state index contributed by atoms with van der Waals surface area (Å²) < 4.78 is 0. The molecule has 0 aromatic rings. The third-order valence-electron chi connectivity index (χ3n) is 3.90. The average Bonchev–Trinajstić information content (AvgIpc) is 2.35. The van der Waals surface area contributed by atoms with E-state index in [1.54, 1.807) is 0 Å². The van der Waals surface area contributed by atoms with Crippen molar-refractivity contribution in [1.29, 1.82) is 0 Å². The number of nitrogens with one attached hydrogen (secondary N) is 1. The van der Waals surface area contributed by atoms with E-state index < -0.39 is 5.97 Å². The van der Waals surface area contributed by atoms with Crippen LogP contribution in [0.2, 0.25) is 0 Å². The lowest BCUT2D eigenvalue weighted by Crippen LogP contribution is -2.50. The van der Waals surface area contributed by atoms with Crippen LogP contribution in [0.3, 0.4) is 0 Å². The van der Waals surface area contributed by atoms with Crippen LogP contribution >= 0.6 is 0 Å². The predicted molar refractivity (Wildman–Crippen MR) is 69.2 cm³/mol. The van der Waals surface area contributed by atoms with Crippen LogP contribution in [0.1, 0.15) is 40.0 Å². The van der Waals surface area contributed by atoms with E-state index in [9.17, 15) is 4.79 Å². The molecule has 2 N–H and O–H groups in total. The minimum absolute atomic E-state index is 0.121. The molecule has 1 heterocycles. The Balaban J connectivity index is 2.65. The Morgan fingerprint density at radius 2 is 2.00 bits per heavy atom. The van der Waals surface area contributed by atoms with Crippen LogP contribution in [-0.4, -0.2) is 47.7 Å². The Labute approximate surface area is 104 Å². The summed E-state index contributed by atoms with van der Waals surface area (Å²) >= 11 is 0. The Bertz CT molecular complexity index is 240. The quantitative estimate of drug-likeness (QED) is 0.742. The van der Waals surface area contributed by atoms with Crippen molar-refractivity contribution in [3.8, 4) is 0 Å². The maximum atomic E-state index is 11.1. The van der Waals surface area contributed by atoms with E-state index in [0.717, 1.165) is 38.9 Å². The highest BCUT2D eigenvalue weighted by atomic mass is 16.4. The number of nitrogens with zero attached hydrogens (tertiary/aromatic N) is 1. The Morgan fingerprint density at radius 3 is 2.47 bits per heavy atom. The molecule has 1 rings (SSSR count). The van der Waals surface area contributed by atoms with E-state index in [0.29, 0.717) is 6.04 Å². The van der Waals surface area contributed by atoms with E-state index in [1.165, 1.54) is 0 Å². The van der Waals surface area contributed by atoms with Gasteiger partial charge in [-0.15, -0.1) is 0 Å². The molecule has 100 valence electrons. The van der Waals surface area contributed by atoms with Crippen molar-refractivity contribution in [2.75, 3.05) is 19.6 Å². The van der Waals surface area contributed by atoms with E-state index in [2.05, 4.69) is 24.1 Å². The molecule has 0 aromatic heterocycles. The number of piperidine rings is 1. The van der Waals surface area contributed by atoms with Gasteiger partial charge in [-0.25, -0.2) is 0 Å². The van der Waals surface area contributed by atoms with E-state index in [4.69, 9.17) is 5.11 Å². The fourth-order valence-electron chi connectivity index (χ4n) is 2.61. The van der Waals surface area contributed by atoms with Gasteiger partial charge in [0.25, 0.3) is 0 Å². The van der Waals surface area contributed by atoms with Crippen LogP contribution in [0.4, 0.5) is 0 Å². The highest BCUT2D eigenvalue weighted by Crippen LogP contribution is 2.20. The van der Waals surface area contributed by atoms with Gasteiger partial charge in [0.2, 0.25) is 0 Å². The molecule has 1 aliphatic heterocycles. The SMILES string of the molecule is CCCN(C1CCNCC1)C(C)C(C)C(=O)O. The van der Waals surface area contributed by atoms with E-state index >= 15 is 0 Å². The molecule has 0 spiro atoms. The predicted octanol–water partition coefficient (Wildman–Crippen LogP) is 1.56. The molecule has 0 radical (unpaired) electrons. The van der Waals surface area contributed by atoms with Crippen molar-refractivity contribution in [2.24, 2.45) is 5.92 Å². The summed E-state index contributed by atoms with van der Waals surface area (Å²) in [5.41, 5.74) is 0. The normalized spacial score (nSPS) is 21.4. The molecule has 4 heteroatoms. The Morgan fingerprint density at radius 1 is 1.41 bits per heavy atom. The third kappa shape index (κ3) is 3.96. The topological polar surface area (TPSA) is 52.6 Å². The van der Waals surface area contributed by atoms with Gasteiger partial charge in [-0.3, -0.25) is 9.69 Å². The van der Waals surface area contributed by atoms with Crippen molar-refractivity contribution < 1.29 is 9.90 Å². The van der Waals surface area contributed by atoms with Crippen LogP contribution < -0.4 is 5.32 Å². The monoisotopic (exact) mass is 242 g/mol. The second kappa shape index (κ2) is 6.97. The number of carbonyl (C=O) groups is 1. The minimum atomic E-state index is -0.687. The summed E-state index contributed by atoms with van der Waals surface area (Å²) in [7, 11) is 0. The maximum absolute atomic E-state index is 11.1. The lowest BCUT2D eigenvalue weighted by Gasteiger charge is -2.40. The molecule has 0 amide bonds. The Kier molecular flexibility index (Phi) is 5.92. The van der Waals surface area contributed by atoms with Gasteiger partial charge in [-0.05, 0) is 45.8 Å². The third-order valence-corrected chi connectivity index (χ3v) is 3.90. The molecular formula is C13H26N2O2. The number of hydrogen-bond acceptors (Lipinski definition) is 3. The fourth-order valence-corrected chi connectivity index (χ4v) is 2.61. The summed E-state index contributed by atoms with van der Waals surface area (Å²) in [6.07, 6.45) is 3.36. The van der Waals surface area contributed by atoms with Gasteiger partial charge in [0.15, 0.2) is 0 Å². The molecule has 0 aliphatic carbocycles. The zero-order chi connectivity index (χ0) is 12.8. The maximum Gasteiger partial charge on any atom is 0.307 e. The number of aliphatic carboxylic acids is 1. The van der Waals surface area contributed by atoms with Crippen molar-refractivity contribution in [3.63, 3.8) is 0 Å². The van der Waals surface area contributed by atoms with Gasteiger partial charge in [0, 0.05) is 12.1 Å². The Hall–Kier alpha value is -0.610. The van der Waals surface area contributed by atoms with Gasteiger partial charge in [-0.2, -0.15) is 0 Å². The lowest BCUT2D eigenvalue weighted by atomic mass is 9.96. The van der Waals surface area contributed by atoms with Gasteiger partial charge in [0.05, 0.1) is 5.92 Å². The lowest BCUT2D eigenvalue weighted by molar-refractivity contribution is -0.143. The first-order chi connectivity index (χ1) is 8.07. The van der Waals surface area contributed by atoms with Gasteiger partial charge < -0.3 is 10.4 Å². The number of hydrogen-bond donors (Lipinski definition) is 2. The summed E-state index contributed by atoms with van der Waals surface area (Å²) in [6.45, 7) is 9.14. The number of carboxylic acid groups (broad SMARTS) is 1. The number of carboxylic acids is 1. The fraction of sp³-hybridized carbons (Fsp3) is 0.923. The molecular weight excluding hydrogens is 216 g/mol. The second-order valence-electron chi connectivity index (χ2n) is 5.09. The zero-order valence-corrected chi connectivity index (χ0v) is 11.3. The van der Waals surface area contributed by atoms with Crippen LogP contribution in [0.15, 0.2) is 0 Å². The summed E-state index contributed by atoms with van der Waals surface area (Å²) in [5.74, 6) is -0.982. The van der Waals surface area contributed by atoms with Crippen LogP contribution in [-0.2, 0) is 4.79 Å². The molecule has 2 atom stereocenters. The van der Waals surface area contributed by atoms with Crippen LogP contribution in [0, 0.1) is 5.92 Å². The summed E-state index contributed by atoms with van der Waals surface area (Å²) in [6, 6.07) is 0.670. The first-order valence-electron chi connectivity index (χ1n) is 6.77. The van der Waals surface area contributed by atoms with Crippen molar-refractivity contribution in [3.05, 3.63) is 0 Å². The van der Waals surface area contributed by atoms with Crippen molar-refractivity contribution >= 4 is 5.97 Å². The summed E-state index contributed by atoms with van der Waals surface area (Å²) in [5, 5.41) is 12.5. The van der Waals surface area contributed by atoms with E-state index in [1.807, 2.05) is 6.92 Å². The second-order valence-corrected chi connectivity index (χ2v) is 5.09. The molecule has 0 saturated carbocycles. The molecule has 1 aliphatic rings. The van der Waals surface area contributed by atoms with E-state index in [-0.39, 0.29) is 12.0 Å². The largest absolute Gasteiger partial charge is 0.481 e. The van der Waals surface area contributed by atoms with Gasteiger partial charge in [-0.1, -0.05) is 13.8 Å². The van der Waals surface area contributed by atoms with Crippen molar-refractivity contribution in [1.82, 2.24) is 10.2 Å².